The Bertz CT molecular complexity index is 718. The van der Waals surface area contributed by atoms with E-state index in [9.17, 15) is 14.4 Å². The molecule has 3 amide bonds. The molecule has 1 unspecified atom stereocenters. The predicted octanol–water partition coefficient (Wildman–Crippen LogP) is 0.501. The number of benzene rings is 1. The molecule has 1 atom stereocenters. The van der Waals surface area contributed by atoms with Crippen LogP contribution >= 0.6 is 0 Å². The van der Waals surface area contributed by atoms with Gasteiger partial charge in [-0.25, -0.2) is 0 Å². The molecule has 0 aliphatic carbocycles. The molecular formula is C15H12N3O3. The van der Waals surface area contributed by atoms with E-state index in [-0.39, 0.29) is 24.8 Å². The Labute approximate surface area is 121 Å². The van der Waals surface area contributed by atoms with Gasteiger partial charge in [-0.15, -0.1) is 0 Å². The maximum atomic E-state index is 12.5. The maximum absolute atomic E-state index is 12.5. The number of nitriles is 1. The standard InChI is InChI=1S/C15H12N3O3/c1-8-4-9(6-16)11-7-18(15(21)10(11)5-8)12-2-3-13(19)17-14(12)20/h4-5,12H,1-3,7H2,(H,17,19,20). The van der Waals surface area contributed by atoms with E-state index in [0.29, 0.717) is 28.7 Å². The summed E-state index contributed by atoms with van der Waals surface area (Å²) in [6.45, 7) is 3.97. The van der Waals surface area contributed by atoms with Crippen LogP contribution in [0.25, 0.3) is 0 Å². The van der Waals surface area contributed by atoms with Gasteiger partial charge in [-0.1, -0.05) is 0 Å². The van der Waals surface area contributed by atoms with Crippen molar-refractivity contribution in [2.75, 3.05) is 0 Å². The molecule has 0 aromatic heterocycles. The smallest absolute Gasteiger partial charge is 0.255 e. The summed E-state index contributed by atoms with van der Waals surface area (Å²) in [5.41, 5.74) is 2.03. The summed E-state index contributed by atoms with van der Waals surface area (Å²) in [6.07, 6.45) is 0.520. The lowest BCUT2D eigenvalue weighted by Crippen LogP contribution is -2.52. The van der Waals surface area contributed by atoms with Crippen LogP contribution in [-0.2, 0) is 16.1 Å². The third kappa shape index (κ3) is 2.07. The number of fused-ring (bicyclic) bond motifs is 1. The molecule has 3 rings (SSSR count). The molecule has 1 fully saturated rings. The van der Waals surface area contributed by atoms with Crippen molar-refractivity contribution in [1.29, 1.82) is 5.26 Å². The van der Waals surface area contributed by atoms with Crippen LogP contribution in [0.3, 0.4) is 0 Å². The monoisotopic (exact) mass is 282 g/mol. The molecule has 1 radical (unpaired) electrons. The molecule has 6 nitrogen and oxygen atoms in total. The van der Waals surface area contributed by atoms with Crippen molar-refractivity contribution in [3.8, 4) is 6.07 Å². The Hall–Kier alpha value is -2.68. The third-order valence-electron chi connectivity index (χ3n) is 3.84. The number of imide groups is 1. The second-order valence-electron chi connectivity index (χ2n) is 5.18. The Morgan fingerprint density at radius 3 is 2.76 bits per heavy atom. The van der Waals surface area contributed by atoms with Crippen LogP contribution in [0.5, 0.6) is 0 Å². The summed E-state index contributed by atoms with van der Waals surface area (Å²) in [5, 5.41) is 11.4. The summed E-state index contributed by atoms with van der Waals surface area (Å²) in [6, 6.07) is 4.65. The predicted molar refractivity (Wildman–Crippen MR) is 71.7 cm³/mol. The van der Waals surface area contributed by atoms with Crippen LogP contribution < -0.4 is 5.32 Å². The minimum Gasteiger partial charge on any atom is -0.322 e. The lowest BCUT2D eigenvalue weighted by Gasteiger charge is -2.29. The highest BCUT2D eigenvalue weighted by atomic mass is 16.2. The Morgan fingerprint density at radius 2 is 2.10 bits per heavy atom. The molecule has 2 heterocycles. The van der Waals surface area contributed by atoms with Crippen LogP contribution in [0.1, 0.15) is 39.9 Å². The molecule has 2 aliphatic rings. The molecule has 2 aliphatic heterocycles. The molecule has 6 heteroatoms. The van der Waals surface area contributed by atoms with Gasteiger partial charge < -0.3 is 4.90 Å². The summed E-state index contributed by atoms with van der Waals surface area (Å²) >= 11 is 0. The summed E-state index contributed by atoms with van der Waals surface area (Å²) < 4.78 is 0. The fourth-order valence-electron chi connectivity index (χ4n) is 2.82. The Kier molecular flexibility index (Phi) is 2.98. The van der Waals surface area contributed by atoms with E-state index in [0.717, 1.165) is 0 Å². The van der Waals surface area contributed by atoms with Gasteiger partial charge in [0.15, 0.2) is 0 Å². The molecule has 105 valence electrons. The first-order chi connectivity index (χ1) is 10.0. The number of carbonyl (C=O) groups is 3. The van der Waals surface area contributed by atoms with Gasteiger partial charge in [0.2, 0.25) is 11.8 Å². The first-order valence-corrected chi connectivity index (χ1v) is 6.55. The third-order valence-corrected chi connectivity index (χ3v) is 3.84. The zero-order valence-corrected chi connectivity index (χ0v) is 11.2. The van der Waals surface area contributed by atoms with Crippen LogP contribution in [0, 0.1) is 18.3 Å². The molecule has 1 aromatic carbocycles. The van der Waals surface area contributed by atoms with E-state index < -0.39 is 11.9 Å². The van der Waals surface area contributed by atoms with Crippen LogP contribution in [0.15, 0.2) is 12.1 Å². The second-order valence-corrected chi connectivity index (χ2v) is 5.18. The minimum absolute atomic E-state index is 0.211. The van der Waals surface area contributed by atoms with E-state index >= 15 is 0 Å². The van der Waals surface area contributed by atoms with E-state index in [4.69, 9.17) is 5.26 Å². The molecule has 1 aromatic rings. The number of rotatable bonds is 1. The minimum atomic E-state index is -0.664. The van der Waals surface area contributed by atoms with Crippen molar-refractivity contribution < 1.29 is 14.4 Å². The van der Waals surface area contributed by atoms with E-state index in [2.05, 4.69) is 18.3 Å². The van der Waals surface area contributed by atoms with E-state index in [1.807, 2.05) is 0 Å². The maximum Gasteiger partial charge on any atom is 0.255 e. The van der Waals surface area contributed by atoms with Gasteiger partial charge in [-0.3, -0.25) is 19.7 Å². The number of carbonyl (C=O) groups excluding carboxylic acids is 3. The largest absolute Gasteiger partial charge is 0.322 e. The van der Waals surface area contributed by atoms with Gasteiger partial charge in [0.05, 0.1) is 11.6 Å². The molecule has 0 saturated carbocycles. The van der Waals surface area contributed by atoms with Gasteiger partial charge in [0, 0.05) is 24.1 Å². The fourth-order valence-corrected chi connectivity index (χ4v) is 2.82. The van der Waals surface area contributed by atoms with Crippen LogP contribution in [-0.4, -0.2) is 28.7 Å². The molecular weight excluding hydrogens is 270 g/mol. The van der Waals surface area contributed by atoms with Gasteiger partial charge in [0.25, 0.3) is 5.91 Å². The van der Waals surface area contributed by atoms with Crippen molar-refractivity contribution in [2.24, 2.45) is 0 Å². The number of piperidine rings is 1. The van der Waals surface area contributed by atoms with Gasteiger partial charge in [-0.05, 0) is 31.0 Å². The van der Waals surface area contributed by atoms with Gasteiger partial charge in [-0.2, -0.15) is 5.26 Å². The molecule has 0 spiro atoms. The van der Waals surface area contributed by atoms with Crippen LogP contribution in [0.4, 0.5) is 0 Å². The number of nitrogens with one attached hydrogen (secondary N) is 1. The average Bonchev–Trinajstić information content (AvgIpc) is 2.76. The highest BCUT2D eigenvalue weighted by Crippen LogP contribution is 2.30. The number of hydrogen-bond acceptors (Lipinski definition) is 4. The fraction of sp³-hybridized carbons (Fsp3) is 0.267. The number of nitrogens with zero attached hydrogens (tertiary/aromatic N) is 2. The number of hydrogen-bond donors (Lipinski definition) is 1. The van der Waals surface area contributed by atoms with Crippen molar-refractivity contribution in [1.82, 2.24) is 10.2 Å². The average molecular weight is 282 g/mol. The highest BCUT2D eigenvalue weighted by Gasteiger charge is 2.39. The second kappa shape index (κ2) is 4.70. The zero-order chi connectivity index (χ0) is 15.1. The van der Waals surface area contributed by atoms with Crippen molar-refractivity contribution in [3.63, 3.8) is 0 Å². The lowest BCUT2D eigenvalue weighted by atomic mass is 10.0. The lowest BCUT2D eigenvalue weighted by molar-refractivity contribution is -0.136. The molecule has 21 heavy (non-hydrogen) atoms. The first kappa shape index (κ1) is 13.3. The Balaban J connectivity index is 1.96. The SMILES string of the molecule is [CH2]c1cc(C#N)c2c(c1)C(=O)N(C1CCC(=O)NC1=O)C2. The van der Waals surface area contributed by atoms with Crippen LogP contribution in [0.2, 0.25) is 0 Å². The number of amides is 3. The van der Waals surface area contributed by atoms with Crippen molar-refractivity contribution in [3.05, 3.63) is 41.3 Å². The van der Waals surface area contributed by atoms with Gasteiger partial charge in [0.1, 0.15) is 6.04 Å². The molecule has 1 saturated heterocycles. The van der Waals surface area contributed by atoms with Crippen molar-refractivity contribution in [2.45, 2.75) is 25.4 Å². The first-order valence-electron chi connectivity index (χ1n) is 6.55. The van der Waals surface area contributed by atoms with Crippen molar-refractivity contribution >= 4 is 17.7 Å². The summed E-state index contributed by atoms with van der Waals surface area (Å²) in [5.74, 6) is -1.07. The quantitative estimate of drug-likeness (QED) is 0.759. The normalized spacial score (nSPS) is 21.0. The van der Waals surface area contributed by atoms with Gasteiger partial charge >= 0.3 is 0 Å². The molecule has 0 bridgehead atoms. The summed E-state index contributed by atoms with van der Waals surface area (Å²) in [4.78, 5) is 37.0. The Morgan fingerprint density at radius 1 is 1.33 bits per heavy atom. The van der Waals surface area contributed by atoms with E-state index in [1.165, 1.54) is 4.90 Å². The zero-order valence-electron chi connectivity index (χ0n) is 11.2. The topological polar surface area (TPSA) is 90.3 Å². The van der Waals surface area contributed by atoms with E-state index in [1.54, 1.807) is 12.1 Å². The summed E-state index contributed by atoms with van der Waals surface area (Å²) in [7, 11) is 0. The molecule has 1 N–H and O–H groups in total. The highest BCUT2D eigenvalue weighted by molar-refractivity contribution is 6.05.